The van der Waals surface area contributed by atoms with Gasteiger partial charge in [0.2, 0.25) is 0 Å². The van der Waals surface area contributed by atoms with Crippen LogP contribution in [0.5, 0.6) is 0 Å². The largest absolute Gasteiger partial charge is 0.411 e. The summed E-state index contributed by atoms with van der Waals surface area (Å²) in [5.41, 5.74) is 5.04. The van der Waals surface area contributed by atoms with Gasteiger partial charge in [0.1, 0.15) is 6.61 Å². The topological polar surface area (TPSA) is 55.5 Å². The molecule has 0 aliphatic heterocycles. The van der Waals surface area contributed by atoms with Crippen molar-refractivity contribution in [3.8, 4) is 0 Å². The van der Waals surface area contributed by atoms with Crippen LogP contribution in [0.15, 0.2) is 0 Å². The van der Waals surface area contributed by atoms with Gasteiger partial charge in [-0.1, -0.05) is 6.92 Å². The molecular formula is C9H18F3NO2. The third-order valence-electron chi connectivity index (χ3n) is 2.25. The molecule has 1 atom stereocenters. The number of ether oxygens (including phenoxy) is 1. The van der Waals surface area contributed by atoms with Crippen molar-refractivity contribution in [3.63, 3.8) is 0 Å². The number of nitrogens with two attached hydrogens (primary N) is 1. The first-order chi connectivity index (χ1) is 6.83. The fourth-order valence-electron chi connectivity index (χ4n) is 1.08. The van der Waals surface area contributed by atoms with Crippen LogP contribution >= 0.6 is 0 Å². The normalized spacial score (nSPS) is 16.4. The van der Waals surface area contributed by atoms with Crippen LogP contribution in [0.4, 0.5) is 13.2 Å². The van der Waals surface area contributed by atoms with E-state index in [9.17, 15) is 13.2 Å². The van der Waals surface area contributed by atoms with Gasteiger partial charge in [-0.2, -0.15) is 13.2 Å². The second-order valence-electron chi connectivity index (χ2n) is 3.65. The maximum atomic E-state index is 11.7. The predicted octanol–water partition coefficient (Wildman–Crippen LogP) is 1.45. The van der Waals surface area contributed by atoms with E-state index < -0.39 is 18.3 Å². The molecule has 0 aliphatic carbocycles. The second-order valence-corrected chi connectivity index (χ2v) is 3.65. The fraction of sp³-hybridized carbons (Fsp3) is 1.00. The molecule has 0 radical (unpaired) electrons. The van der Waals surface area contributed by atoms with E-state index in [1.54, 1.807) is 0 Å². The number of aliphatic hydroxyl groups excluding tert-OH is 1. The van der Waals surface area contributed by atoms with Crippen molar-refractivity contribution < 1.29 is 23.0 Å². The molecule has 0 fully saturated rings. The SMILES string of the molecule is CCC(N)(CO)CCCOCC(F)(F)F. The highest BCUT2D eigenvalue weighted by Gasteiger charge is 2.27. The van der Waals surface area contributed by atoms with Crippen molar-refractivity contribution in [1.82, 2.24) is 0 Å². The molecule has 0 aromatic heterocycles. The molecule has 0 bridgehead atoms. The Kier molecular flexibility index (Phi) is 6.16. The minimum absolute atomic E-state index is 0.0124. The average Bonchev–Trinajstić information content (AvgIpc) is 2.15. The van der Waals surface area contributed by atoms with Crippen molar-refractivity contribution >= 4 is 0 Å². The molecule has 0 aromatic carbocycles. The van der Waals surface area contributed by atoms with Crippen molar-refractivity contribution in [1.29, 1.82) is 0 Å². The van der Waals surface area contributed by atoms with Crippen LogP contribution in [0.25, 0.3) is 0 Å². The maximum absolute atomic E-state index is 11.7. The van der Waals surface area contributed by atoms with Gasteiger partial charge < -0.3 is 15.6 Å². The molecule has 92 valence electrons. The molecule has 3 N–H and O–H groups in total. The summed E-state index contributed by atoms with van der Waals surface area (Å²) in [7, 11) is 0. The van der Waals surface area contributed by atoms with Crippen molar-refractivity contribution in [2.24, 2.45) is 5.73 Å². The van der Waals surface area contributed by atoms with E-state index >= 15 is 0 Å². The Morgan fingerprint density at radius 2 is 1.93 bits per heavy atom. The zero-order valence-corrected chi connectivity index (χ0v) is 8.81. The summed E-state index contributed by atoms with van der Waals surface area (Å²) in [4.78, 5) is 0. The second kappa shape index (κ2) is 6.30. The predicted molar refractivity (Wildman–Crippen MR) is 50.4 cm³/mol. The number of aliphatic hydroxyl groups is 1. The van der Waals surface area contributed by atoms with Crippen molar-refractivity contribution in [2.45, 2.75) is 37.9 Å². The van der Waals surface area contributed by atoms with Crippen LogP contribution in [-0.2, 0) is 4.74 Å². The van der Waals surface area contributed by atoms with Gasteiger partial charge in [0.25, 0.3) is 0 Å². The van der Waals surface area contributed by atoms with Crippen LogP contribution < -0.4 is 5.73 Å². The molecule has 0 amide bonds. The third kappa shape index (κ3) is 7.58. The van der Waals surface area contributed by atoms with Gasteiger partial charge in [-0.3, -0.25) is 0 Å². The molecular weight excluding hydrogens is 211 g/mol. The van der Waals surface area contributed by atoms with Gasteiger partial charge in [-0.05, 0) is 19.3 Å². The summed E-state index contributed by atoms with van der Waals surface area (Å²) in [6.45, 7) is 0.448. The first-order valence-corrected chi connectivity index (χ1v) is 4.87. The molecule has 0 saturated carbocycles. The highest BCUT2D eigenvalue weighted by Crippen LogP contribution is 2.16. The Hall–Kier alpha value is -0.330. The lowest BCUT2D eigenvalue weighted by Crippen LogP contribution is -2.43. The van der Waals surface area contributed by atoms with Crippen LogP contribution in [0.1, 0.15) is 26.2 Å². The third-order valence-corrected chi connectivity index (χ3v) is 2.25. The molecule has 0 rings (SSSR count). The minimum atomic E-state index is -4.28. The first-order valence-electron chi connectivity index (χ1n) is 4.87. The molecule has 0 heterocycles. The monoisotopic (exact) mass is 229 g/mol. The lowest BCUT2D eigenvalue weighted by atomic mass is 9.93. The maximum Gasteiger partial charge on any atom is 0.411 e. The summed E-state index contributed by atoms with van der Waals surface area (Å²) in [5, 5.41) is 8.93. The molecule has 15 heavy (non-hydrogen) atoms. The first kappa shape index (κ1) is 14.7. The Labute approximate surface area is 87.4 Å². The molecule has 0 saturated heterocycles. The highest BCUT2D eigenvalue weighted by molar-refractivity contribution is 4.81. The Morgan fingerprint density at radius 3 is 2.33 bits per heavy atom. The number of hydrogen-bond donors (Lipinski definition) is 2. The number of alkyl halides is 3. The smallest absolute Gasteiger partial charge is 0.394 e. The zero-order chi connectivity index (χ0) is 11.9. The Bertz CT molecular complexity index is 169. The lowest BCUT2D eigenvalue weighted by Gasteiger charge is -2.25. The van der Waals surface area contributed by atoms with Gasteiger partial charge in [0.15, 0.2) is 0 Å². The summed E-state index contributed by atoms with van der Waals surface area (Å²) in [6, 6.07) is 0. The van der Waals surface area contributed by atoms with Crippen LogP contribution in [0, 0.1) is 0 Å². The molecule has 0 aliphatic rings. The quantitative estimate of drug-likeness (QED) is 0.649. The minimum Gasteiger partial charge on any atom is -0.394 e. The summed E-state index contributed by atoms with van der Waals surface area (Å²) in [6.07, 6.45) is -2.82. The van der Waals surface area contributed by atoms with Gasteiger partial charge in [-0.15, -0.1) is 0 Å². The summed E-state index contributed by atoms with van der Waals surface area (Å²) < 4.78 is 39.4. The fourth-order valence-corrected chi connectivity index (χ4v) is 1.08. The zero-order valence-electron chi connectivity index (χ0n) is 8.81. The van der Waals surface area contributed by atoms with Gasteiger partial charge in [0, 0.05) is 12.1 Å². The Balaban J connectivity index is 3.54. The molecule has 0 spiro atoms. The van der Waals surface area contributed by atoms with Crippen molar-refractivity contribution in [3.05, 3.63) is 0 Å². The van der Waals surface area contributed by atoms with E-state index in [0.717, 1.165) is 0 Å². The summed E-state index contributed by atoms with van der Waals surface area (Å²) in [5.74, 6) is 0. The number of halogens is 3. The Morgan fingerprint density at radius 1 is 1.33 bits per heavy atom. The number of rotatable bonds is 7. The molecule has 6 heteroatoms. The van der Waals surface area contributed by atoms with E-state index in [1.807, 2.05) is 6.92 Å². The van der Waals surface area contributed by atoms with E-state index in [-0.39, 0.29) is 13.2 Å². The van der Waals surface area contributed by atoms with E-state index in [4.69, 9.17) is 10.8 Å². The van der Waals surface area contributed by atoms with Crippen LogP contribution in [-0.4, -0.2) is 36.6 Å². The van der Waals surface area contributed by atoms with Crippen molar-refractivity contribution in [2.75, 3.05) is 19.8 Å². The highest BCUT2D eigenvalue weighted by atomic mass is 19.4. The van der Waals surface area contributed by atoms with E-state index in [1.165, 1.54) is 0 Å². The number of hydrogen-bond acceptors (Lipinski definition) is 3. The van der Waals surface area contributed by atoms with E-state index in [0.29, 0.717) is 19.3 Å². The van der Waals surface area contributed by atoms with E-state index in [2.05, 4.69) is 4.74 Å². The van der Waals surface area contributed by atoms with Gasteiger partial charge in [0.05, 0.1) is 6.61 Å². The molecule has 3 nitrogen and oxygen atoms in total. The standard InChI is InChI=1S/C9H18F3NO2/c1-2-8(13,6-14)4-3-5-15-7-9(10,11)12/h14H,2-7,13H2,1H3. The lowest BCUT2D eigenvalue weighted by molar-refractivity contribution is -0.174. The average molecular weight is 229 g/mol. The van der Waals surface area contributed by atoms with Gasteiger partial charge >= 0.3 is 6.18 Å². The summed E-state index contributed by atoms with van der Waals surface area (Å²) >= 11 is 0. The molecule has 1 unspecified atom stereocenters. The van der Waals surface area contributed by atoms with Gasteiger partial charge in [-0.25, -0.2) is 0 Å². The van der Waals surface area contributed by atoms with Crippen LogP contribution in [0.2, 0.25) is 0 Å². The molecule has 0 aromatic rings. The van der Waals surface area contributed by atoms with Crippen LogP contribution in [0.3, 0.4) is 0 Å².